The zero-order chi connectivity index (χ0) is 19.1. The lowest BCUT2D eigenvalue weighted by Crippen LogP contribution is -2.20. The Hall–Kier alpha value is -2.28. The van der Waals surface area contributed by atoms with E-state index >= 15 is 0 Å². The van der Waals surface area contributed by atoms with Crippen molar-refractivity contribution in [3.63, 3.8) is 0 Å². The van der Waals surface area contributed by atoms with Crippen LogP contribution in [-0.2, 0) is 6.42 Å². The minimum atomic E-state index is 0.369. The fourth-order valence-electron chi connectivity index (χ4n) is 3.24. The maximum absolute atomic E-state index is 4.42. The first-order valence-corrected chi connectivity index (χ1v) is 9.83. The highest BCUT2D eigenvalue weighted by molar-refractivity contribution is 5.81. The van der Waals surface area contributed by atoms with Gasteiger partial charge in [0.05, 0.1) is 5.69 Å². The van der Waals surface area contributed by atoms with Crippen LogP contribution in [-0.4, -0.2) is 0 Å². The van der Waals surface area contributed by atoms with Crippen LogP contribution in [0, 0.1) is 5.92 Å². The fourth-order valence-corrected chi connectivity index (χ4v) is 3.24. The van der Waals surface area contributed by atoms with Gasteiger partial charge in [0.15, 0.2) is 0 Å². The molecule has 0 aliphatic rings. The summed E-state index contributed by atoms with van der Waals surface area (Å²) in [6.45, 7) is 15.4. The monoisotopic (exact) mass is 347 g/mol. The van der Waals surface area contributed by atoms with Gasteiger partial charge in [-0.3, -0.25) is 0 Å². The summed E-state index contributed by atoms with van der Waals surface area (Å²) in [7, 11) is 0. The van der Waals surface area contributed by atoms with Gasteiger partial charge in [-0.2, -0.15) is 0 Å². The van der Waals surface area contributed by atoms with Crippen molar-refractivity contribution in [1.29, 1.82) is 0 Å². The molecule has 0 unspecified atom stereocenters. The molecule has 2 aromatic carbocycles. The predicted octanol–water partition coefficient (Wildman–Crippen LogP) is 7.76. The standard InChI is InChI=1S/C25H33N/c1-7-11-20(5)24-13-9-10-14-25(24)26(21(6)19(3)4)23-17-15-22(12-8-2)16-18-23/h9-11,13-19H,6-8,12H2,1-5H3/b20-11-. The molecule has 0 atom stereocenters. The van der Waals surface area contributed by atoms with E-state index in [1.807, 2.05) is 0 Å². The number of rotatable bonds is 8. The van der Waals surface area contributed by atoms with Gasteiger partial charge in [0.25, 0.3) is 0 Å². The predicted molar refractivity (Wildman–Crippen MR) is 117 cm³/mol. The van der Waals surface area contributed by atoms with E-state index in [0.29, 0.717) is 5.92 Å². The van der Waals surface area contributed by atoms with Crippen LogP contribution in [0.15, 0.2) is 66.9 Å². The van der Waals surface area contributed by atoms with Crippen LogP contribution in [0.3, 0.4) is 0 Å². The molecule has 0 radical (unpaired) electrons. The van der Waals surface area contributed by atoms with Gasteiger partial charge in [-0.1, -0.05) is 77.1 Å². The smallest absolute Gasteiger partial charge is 0.0533 e. The third-order valence-electron chi connectivity index (χ3n) is 4.77. The minimum Gasteiger partial charge on any atom is -0.314 e. The average Bonchev–Trinajstić information content (AvgIpc) is 2.64. The topological polar surface area (TPSA) is 3.24 Å². The SMILES string of the molecule is C=C(C(C)C)N(c1ccc(CCC)cc1)c1ccccc1/C(C)=C\CC. The molecule has 0 N–H and O–H groups in total. The van der Waals surface area contributed by atoms with E-state index in [4.69, 9.17) is 0 Å². The molecule has 2 rings (SSSR count). The fraction of sp³-hybridized carbons (Fsp3) is 0.360. The highest BCUT2D eigenvalue weighted by Gasteiger charge is 2.19. The Labute approximate surface area is 160 Å². The van der Waals surface area contributed by atoms with E-state index in [1.54, 1.807) is 0 Å². The normalized spacial score (nSPS) is 11.7. The Kier molecular flexibility index (Phi) is 7.26. The number of hydrogen-bond acceptors (Lipinski definition) is 1. The first-order chi connectivity index (χ1) is 12.5. The highest BCUT2D eigenvalue weighted by atomic mass is 15.2. The third kappa shape index (κ3) is 4.66. The lowest BCUT2D eigenvalue weighted by molar-refractivity contribution is 0.749. The average molecular weight is 348 g/mol. The highest BCUT2D eigenvalue weighted by Crippen LogP contribution is 2.37. The van der Waals surface area contributed by atoms with Crippen molar-refractivity contribution in [3.05, 3.63) is 78.0 Å². The van der Waals surface area contributed by atoms with Gasteiger partial charge >= 0.3 is 0 Å². The van der Waals surface area contributed by atoms with Crippen molar-refractivity contribution in [2.45, 2.75) is 53.9 Å². The summed E-state index contributed by atoms with van der Waals surface area (Å²) in [5, 5.41) is 0. The minimum absolute atomic E-state index is 0.369. The second-order valence-electron chi connectivity index (χ2n) is 7.21. The maximum atomic E-state index is 4.42. The second-order valence-corrected chi connectivity index (χ2v) is 7.21. The van der Waals surface area contributed by atoms with Gasteiger partial charge in [-0.05, 0) is 55.0 Å². The summed E-state index contributed by atoms with van der Waals surface area (Å²) >= 11 is 0. The number of nitrogens with zero attached hydrogens (tertiary/aromatic N) is 1. The third-order valence-corrected chi connectivity index (χ3v) is 4.77. The summed E-state index contributed by atoms with van der Waals surface area (Å²) in [6.07, 6.45) is 5.63. The summed E-state index contributed by atoms with van der Waals surface area (Å²) in [5.74, 6) is 0.369. The number of allylic oxidation sites excluding steroid dienone is 3. The second kappa shape index (κ2) is 9.43. The van der Waals surface area contributed by atoms with Gasteiger partial charge in [-0.25, -0.2) is 0 Å². The van der Waals surface area contributed by atoms with Crippen LogP contribution in [0.2, 0.25) is 0 Å². The molecule has 2 aromatic rings. The van der Waals surface area contributed by atoms with Gasteiger partial charge in [-0.15, -0.1) is 0 Å². The Balaban J connectivity index is 2.57. The van der Waals surface area contributed by atoms with Gasteiger partial charge < -0.3 is 4.90 Å². The number of aryl methyl sites for hydroxylation is 1. The van der Waals surface area contributed by atoms with Crippen LogP contribution < -0.4 is 4.90 Å². The molecule has 0 heterocycles. The zero-order valence-corrected chi connectivity index (χ0v) is 17.0. The van der Waals surface area contributed by atoms with Crippen molar-refractivity contribution in [2.75, 3.05) is 4.90 Å². The maximum Gasteiger partial charge on any atom is 0.0533 e. The van der Waals surface area contributed by atoms with Gasteiger partial charge in [0.1, 0.15) is 0 Å². The number of hydrogen-bond donors (Lipinski definition) is 0. The van der Waals surface area contributed by atoms with Gasteiger partial charge in [0, 0.05) is 16.9 Å². The molecule has 138 valence electrons. The van der Waals surface area contributed by atoms with Gasteiger partial charge in [0.2, 0.25) is 0 Å². The Morgan fingerprint density at radius 3 is 2.27 bits per heavy atom. The van der Waals surface area contributed by atoms with E-state index in [2.05, 4.69) is 101 Å². The molecular weight excluding hydrogens is 314 g/mol. The van der Waals surface area contributed by atoms with Crippen LogP contribution in [0.4, 0.5) is 11.4 Å². The quantitative estimate of drug-likeness (QED) is 0.471. The lowest BCUT2D eigenvalue weighted by Gasteiger charge is -2.31. The molecular formula is C25H33N. The summed E-state index contributed by atoms with van der Waals surface area (Å²) in [6, 6.07) is 17.6. The van der Waals surface area contributed by atoms with Crippen molar-refractivity contribution < 1.29 is 0 Å². The first kappa shape index (κ1) is 20.0. The Bertz CT molecular complexity index is 750. The summed E-state index contributed by atoms with van der Waals surface area (Å²) in [5.41, 5.74) is 7.48. The van der Waals surface area contributed by atoms with E-state index in [0.717, 1.165) is 18.5 Å². The molecule has 0 bridgehead atoms. The molecule has 26 heavy (non-hydrogen) atoms. The van der Waals surface area contributed by atoms with E-state index in [-0.39, 0.29) is 0 Å². The molecule has 0 saturated carbocycles. The zero-order valence-electron chi connectivity index (χ0n) is 17.0. The summed E-state index contributed by atoms with van der Waals surface area (Å²) in [4.78, 5) is 2.32. The molecule has 0 aromatic heterocycles. The Morgan fingerprint density at radius 1 is 1.04 bits per heavy atom. The molecule has 0 spiro atoms. The molecule has 1 heteroatoms. The number of anilines is 2. The molecule has 0 aliphatic carbocycles. The molecule has 0 fully saturated rings. The van der Waals surface area contributed by atoms with Crippen LogP contribution in [0.25, 0.3) is 5.57 Å². The van der Waals surface area contributed by atoms with Crippen molar-refractivity contribution in [1.82, 2.24) is 0 Å². The van der Waals surface area contributed by atoms with Crippen molar-refractivity contribution >= 4 is 16.9 Å². The van der Waals surface area contributed by atoms with E-state index < -0.39 is 0 Å². The lowest BCUT2D eigenvalue weighted by atomic mass is 10.0. The summed E-state index contributed by atoms with van der Waals surface area (Å²) < 4.78 is 0. The molecule has 0 aliphatic heterocycles. The van der Waals surface area contributed by atoms with Crippen LogP contribution in [0.5, 0.6) is 0 Å². The number of benzene rings is 2. The van der Waals surface area contributed by atoms with E-state index in [9.17, 15) is 0 Å². The Morgan fingerprint density at radius 2 is 1.69 bits per heavy atom. The number of para-hydroxylation sites is 1. The molecule has 0 amide bonds. The van der Waals surface area contributed by atoms with E-state index in [1.165, 1.54) is 34.5 Å². The van der Waals surface area contributed by atoms with Crippen molar-refractivity contribution in [2.24, 2.45) is 5.92 Å². The first-order valence-electron chi connectivity index (χ1n) is 9.83. The van der Waals surface area contributed by atoms with Crippen LogP contribution >= 0.6 is 0 Å². The largest absolute Gasteiger partial charge is 0.314 e. The van der Waals surface area contributed by atoms with Crippen LogP contribution in [0.1, 0.15) is 58.6 Å². The van der Waals surface area contributed by atoms with Crippen molar-refractivity contribution in [3.8, 4) is 0 Å². The molecule has 0 saturated heterocycles. The molecule has 1 nitrogen and oxygen atoms in total.